The maximum atomic E-state index is 12.5. The molecule has 7 heteroatoms. The number of hydrogen-bond acceptors (Lipinski definition) is 4. The van der Waals surface area contributed by atoms with Gasteiger partial charge < -0.3 is 20.0 Å². The number of fused-ring (bicyclic) bond motifs is 1. The average Bonchev–Trinajstić information content (AvgIpc) is 3.41. The molecule has 0 spiro atoms. The highest BCUT2D eigenvalue weighted by Gasteiger charge is 2.29. The van der Waals surface area contributed by atoms with Crippen molar-refractivity contribution in [3.63, 3.8) is 0 Å². The molecule has 2 heterocycles. The summed E-state index contributed by atoms with van der Waals surface area (Å²) in [6.45, 7) is 2.89. The van der Waals surface area contributed by atoms with Gasteiger partial charge in [-0.2, -0.15) is 0 Å². The van der Waals surface area contributed by atoms with Crippen LogP contribution >= 0.6 is 11.6 Å². The Balaban J connectivity index is 1.46. The van der Waals surface area contributed by atoms with Gasteiger partial charge in [0.15, 0.2) is 0 Å². The summed E-state index contributed by atoms with van der Waals surface area (Å²) in [4.78, 5) is 27.1. The molecule has 0 fully saturated rings. The summed E-state index contributed by atoms with van der Waals surface area (Å²) in [5, 5.41) is 5.86. The Morgan fingerprint density at radius 1 is 1.13 bits per heavy atom. The van der Waals surface area contributed by atoms with Crippen LogP contribution < -0.4 is 15.5 Å². The van der Waals surface area contributed by atoms with Crippen molar-refractivity contribution in [3.05, 3.63) is 82.8 Å². The fourth-order valence-corrected chi connectivity index (χ4v) is 3.88. The van der Waals surface area contributed by atoms with E-state index in [1.165, 1.54) is 5.56 Å². The van der Waals surface area contributed by atoms with Crippen LogP contribution in [-0.4, -0.2) is 24.9 Å². The first-order chi connectivity index (χ1) is 14.5. The number of amides is 2. The minimum absolute atomic E-state index is 0.215. The highest BCUT2D eigenvalue weighted by Crippen LogP contribution is 2.34. The van der Waals surface area contributed by atoms with Gasteiger partial charge in [0.2, 0.25) is 0 Å². The number of nitrogens with zero attached hydrogens (tertiary/aromatic N) is 1. The van der Waals surface area contributed by atoms with Gasteiger partial charge >= 0.3 is 11.8 Å². The summed E-state index contributed by atoms with van der Waals surface area (Å²) in [6, 6.07) is 16.8. The molecular formula is C23H22ClN3O3. The lowest BCUT2D eigenvalue weighted by atomic mass is 10.1. The number of rotatable bonds is 5. The van der Waals surface area contributed by atoms with Crippen LogP contribution in [0.1, 0.15) is 22.9 Å². The molecule has 2 amide bonds. The zero-order valence-electron chi connectivity index (χ0n) is 16.5. The van der Waals surface area contributed by atoms with Crippen LogP contribution in [0.3, 0.4) is 0 Å². The summed E-state index contributed by atoms with van der Waals surface area (Å²) in [5.41, 5.74) is 3.71. The molecule has 0 aliphatic carbocycles. The first-order valence-corrected chi connectivity index (χ1v) is 10.1. The normalized spacial score (nSPS) is 13.6. The SMILES string of the molecule is Cc1ccc(Cl)cc1NC(=O)C(=O)NC[C@@H](c1ccco1)N1CCc2ccccc21. The second kappa shape index (κ2) is 8.63. The van der Waals surface area contributed by atoms with Gasteiger partial charge in [-0.15, -0.1) is 0 Å². The zero-order valence-corrected chi connectivity index (χ0v) is 17.3. The van der Waals surface area contributed by atoms with E-state index in [0.717, 1.165) is 30.0 Å². The maximum absolute atomic E-state index is 12.5. The van der Waals surface area contributed by atoms with E-state index in [-0.39, 0.29) is 12.6 Å². The quantitative estimate of drug-likeness (QED) is 0.606. The van der Waals surface area contributed by atoms with Crippen LogP contribution in [0.4, 0.5) is 11.4 Å². The van der Waals surface area contributed by atoms with Crippen LogP contribution in [0.25, 0.3) is 0 Å². The third-order valence-corrected chi connectivity index (χ3v) is 5.52. The number of halogens is 1. The molecule has 0 saturated carbocycles. The predicted octanol–water partition coefficient (Wildman–Crippen LogP) is 4.10. The van der Waals surface area contributed by atoms with Crippen molar-refractivity contribution in [2.24, 2.45) is 0 Å². The maximum Gasteiger partial charge on any atom is 0.313 e. The van der Waals surface area contributed by atoms with E-state index in [1.54, 1.807) is 24.5 Å². The standard InChI is InChI=1S/C23H22ClN3O3/c1-15-8-9-17(24)13-18(15)26-23(29)22(28)25-14-20(21-7-4-12-30-21)27-11-10-16-5-2-3-6-19(16)27/h2-9,12-13,20H,10-11,14H2,1H3,(H,25,28)(H,26,29)/t20-/m0/s1. The van der Waals surface area contributed by atoms with E-state index in [2.05, 4.69) is 27.7 Å². The highest BCUT2D eigenvalue weighted by molar-refractivity contribution is 6.40. The fraction of sp³-hybridized carbons (Fsp3) is 0.217. The van der Waals surface area contributed by atoms with Gasteiger partial charge in [-0.3, -0.25) is 9.59 Å². The molecule has 1 aliphatic rings. The number of hydrogen-bond donors (Lipinski definition) is 2. The number of para-hydroxylation sites is 1. The molecule has 154 valence electrons. The summed E-state index contributed by atoms with van der Waals surface area (Å²) in [7, 11) is 0. The van der Waals surface area contributed by atoms with Crippen molar-refractivity contribution in [1.82, 2.24) is 5.32 Å². The van der Waals surface area contributed by atoms with Gasteiger partial charge in [0, 0.05) is 29.5 Å². The molecule has 1 aliphatic heterocycles. The smallest absolute Gasteiger partial charge is 0.313 e. The Morgan fingerprint density at radius 3 is 2.77 bits per heavy atom. The summed E-state index contributed by atoms with van der Waals surface area (Å²) < 4.78 is 5.63. The van der Waals surface area contributed by atoms with Gasteiger partial charge in [0.25, 0.3) is 0 Å². The predicted molar refractivity (Wildman–Crippen MR) is 117 cm³/mol. The molecule has 0 radical (unpaired) electrons. The molecule has 1 aromatic heterocycles. The summed E-state index contributed by atoms with van der Waals surface area (Å²) in [6.07, 6.45) is 2.54. The van der Waals surface area contributed by atoms with E-state index in [0.29, 0.717) is 10.7 Å². The van der Waals surface area contributed by atoms with Crippen molar-refractivity contribution in [3.8, 4) is 0 Å². The Labute approximate surface area is 179 Å². The Morgan fingerprint density at radius 2 is 1.97 bits per heavy atom. The molecule has 0 bridgehead atoms. The molecule has 2 aromatic carbocycles. The van der Waals surface area contributed by atoms with Gasteiger partial charge in [0.1, 0.15) is 11.8 Å². The monoisotopic (exact) mass is 423 g/mol. The number of benzene rings is 2. The first kappa shape index (κ1) is 20.0. The second-order valence-corrected chi connectivity index (χ2v) is 7.66. The topological polar surface area (TPSA) is 74.6 Å². The van der Waals surface area contributed by atoms with E-state index < -0.39 is 11.8 Å². The number of aryl methyl sites for hydroxylation is 1. The van der Waals surface area contributed by atoms with Crippen LogP contribution in [0.5, 0.6) is 0 Å². The molecule has 0 saturated heterocycles. The van der Waals surface area contributed by atoms with Crippen LogP contribution in [-0.2, 0) is 16.0 Å². The lowest BCUT2D eigenvalue weighted by Gasteiger charge is -2.29. The fourth-order valence-electron chi connectivity index (χ4n) is 3.71. The third kappa shape index (κ3) is 4.19. The lowest BCUT2D eigenvalue weighted by molar-refractivity contribution is -0.136. The molecule has 6 nitrogen and oxygen atoms in total. The number of anilines is 2. The van der Waals surface area contributed by atoms with Crippen LogP contribution in [0, 0.1) is 6.92 Å². The van der Waals surface area contributed by atoms with Crippen LogP contribution in [0.2, 0.25) is 5.02 Å². The van der Waals surface area contributed by atoms with Crippen molar-refractivity contribution in [2.45, 2.75) is 19.4 Å². The molecule has 4 rings (SSSR count). The molecule has 3 aromatic rings. The Kier molecular flexibility index (Phi) is 5.77. The number of carbonyl (C=O) groups excluding carboxylic acids is 2. The number of nitrogens with one attached hydrogen (secondary N) is 2. The van der Waals surface area contributed by atoms with Gasteiger partial charge in [-0.05, 0) is 54.8 Å². The van der Waals surface area contributed by atoms with Gasteiger partial charge in [-0.25, -0.2) is 0 Å². The molecule has 2 N–H and O–H groups in total. The van der Waals surface area contributed by atoms with Crippen molar-refractivity contribution in [2.75, 3.05) is 23.3 Å². The van der Waals surface area contributed by atoms with E-state index in [4.69, 9.17) is 16.0 Å². The summed E-state index contributed by atoms with van der Waals surface area (Å²) in [5.74, 6) is -0.711. The average molecular weight is 424 g/mol. The van der Waals surface area contributed by atoms with E-state index >= 15 is 0 Å². The van der Waals surface area contributed by atoms with Crippen molar-refractivity contribution >= 4 is 34.8 Å². The molecular weight excluding hydrogens is 402 g/mol. The van der Waals surface area contributed by atoms with Crippen molar-refractivity contribution in [1.29, 1.82) is 0 Å². The molecule has 0 unspecified atom stereocenters. The van der Waals surface area contributed by atoms with E-state index in [1.807, 2.05) is 31.2 Å². The highest BCUT2D eigenvalue weighted by atomic mass is 35.5. The second-order valence-electron chi connectivity index (χ2n) is 7.23. The minimum atomic E-state index is -0.736. The summed E-state index contributed by atoms with van der Waals surface area (Å²) >= 11 is 5.99. The van der Waals surface area contributed by atoms with Gasteiger partial charge in [-0.1, -0.05) is 35.9 Å². The number of furan rings is 1. The third-order valence-electron chi connectivity index (χ3n) is 5.28. The van der Waals surface area contributed by atoms with E-state index in [9.17, 15) is 9.59 Å². The Hall–Kier alpha value is -3.25. The van der Waals surface area contributed by atoms with Crippen molar-refractivity contribution < 1.29 is 14.0 Å². The molecule has 30 heavy (non-hydrogen) atoms. The lowest BCUT2D eigenvalue weighted by Crippen LogP contribution is -2.41. The Bertz CT molecular complexity index is 1070. The van der Waals surface area contributed by atoms with Gasteiger partial charge in [0.05, 0.1) is 6.26 Å². The zero-order chi connectivity index (χ0) is 21.1. The minimum Gasteiger partial charge on any atom is -0.467 e. The number of carbonyl (C=O) groups is 2. The molecule has 1 atom stereocenters. The largest absolute Gasteiger partial charge is 0.467 e. The first-order valence-electron chi connectivity index (χ1n) is 9.76. The van der Waals surface area contributed by atoms with Crippen LogP contribution in [0.15, 0.2) is 65.3 Å².